The van der Waals surface area contributed by atoms with Crippen molar-refractivity contribution >= 4 is 5.96 Å². The van der Waals surface area contributed by atoms with E-state index in [1.165, 1.54) is 5.56 Å². The lowest BCUT2D eigenvalue weighted by Crippen LogP contribution is -2.37. The highest BCUT2D eigenvalue weighted by atomic mass is 15.2. The molecule has 0 aromatic heterocycles. The van der Waals surface area contributed by atoms with E-state index in [0.29, 0.717) is 0 Å². The molecule has 3 heteroatoms. The quantitative estimate of drug-likeness (QED) is 0.605. The number of nitrogens with zero attached hydrogens (tertiary/aromatic N) is 1. The van der Waals surface area contributed by atoms with Crippen molar-refractivity contribution in [2.75, 3.05) is 13.6 Å². The third-order valence-corrected chi connectivity index (χ3v) is 2.54. The molecule has 0 atom stereocenters. The highest BCUT2D eigenvalue weighted by molar-refractivity contribution is 5.79. The lowest BCUT2D eigenvalue weighted by Gasteiger charge is -2.12. The topological polar surface area (TPSA) is 36.4 Å². The molecular weight excluding hydrogens is 210 g/mol. The van der Waals surface area contributed by atoms with Gasteiger partial charge in [0.05, 0.1) is 0 Å². The minimum atomic E-state index is 0.717. The Morgan fingerprint density at radius 2 is 1.88 bits per heavy atom. The van der Waals surface area contributed by atoms with Crippen LogP contribution in [0.25, 0.3) is 0 Å². The van der Waals surface area contributed by atoms with Crippen LogP contribution in [-0.4, -0.2) is 19.6 Å². The summed E-state index contributed by atoms with van der Waals surface area (Å²) >= 11 is 0. The van der Waals surface area contributed by atoms with Crippen LogP contribution < -0.4 is 10.6 Å². The zero-order valence-corrected chi connectivity index (χ0v) is 11.0. The second-order valence-corrected chi connectivity index (χ2v) is 4.52. The summed E-state index contributed by atoms with van der Waals surface area (Å²) in [5.74, 6) is 1.59. The molecule has 0 unspecified atom stereocenters. The molecule has 0 radical (unpaired) electrons. The maximum absolute atomic E-state index is 4.19. The van der Waals surface area contributed by atoms with E-state index in [4.69, 9.17) is 0 Å². The van der Waals surface area contributed by atoms with Crippen molar-refractivity contribution in [2.45, 2.75) is 26.8 Å². The minimum absolute atomic E-state index is 0.717. The molecule has 3 nitrogen and oxygen atoms in total. The largest absolute Gasteiger partial charge is 0.356 e. The van der Waals surface area contributed by atoms with Gasteiger partial charge in [-0.2, -0.15) is 0 Å². The Labute approximate surface area is 104 Å². The molecule has 0 saturated heterocycles. The van der Waals surface area contributed by atoms with E-state index in [9.17, 15) is 0 Å². The molecule has 0 aliphatic carbocycles. The van der Waals surface area contributed by atoms with Crippen molar-refractivity contribution in [1.82, 2.24) is 10.6 Å². The van der Waals surface area contributed by atoms with Gasteiger partial charge in [0.25, 0.3) is 0 Å². The fraction of sp³-hybridized carbons (Fsp3) is 0.500. The average molecular weight is 233 g/mol. The van der Waals surface area contributed by atoms with Gasteiger partial charge in [-0.25, -0.2) is 0 Å². The van der Waals surface area contributed by atoms with Crippen molar-refractivity contribution < 1.29 is 0 Å². The van der Waals surface area contributed by atoms with Crippen molar-refractivity contribution in [3.8, 4) is 0 Å². The summed E-state index contributed by atoms with van der Waals surface area (Å²) in [5.41, 5.74) is 1.26. The Kier molecular flexibility index (Phi) is 6.15. The minimum Gasteiger partial charge on any atom is -0.356 e. The Hall–Kier alpha value is -1.51. The molecule has 0 heterocycles. The first kappa shape index (κ1) is 13.6. The van der Waals surface area contributed by atoms with E-state index in [2.05, 4.69) is 41.6 Å². The van der Waals surface area contributed by atoms with Crippen molar-refractivity contribution in [3.05, 3.63) is 35.9 Å². The number of benzene rings is 1. The average Bonchev–Trinajstić information content (AvgIpc) is 2.34. The van der Waals surface area contributed by atoms with E-state index in [-0.39, 0.29) is 0 Å². The summed E-state index contributed by atoms with van der Waals surface area (Å²) in [6.45, 7) is 6.22. The van der Waals surface area contributed by atoms with Gasteiger partial charge >= 0.3 is 0 Å². The summed E-state index contributed by atoms with van der Waals surface area (Å²) < 4.78 is 0. The van der Waals surface area contributed by atoms with Gasteiger partial charge in [0, 0.05) is 20.1 Å². The molecule has 17 heavy (non-hydrogen) atoms. The highest BCUT2D eigenvalue weighted by Crippen LogP contribution is 1.98. The fourth-order valence-electron chi connectivity index (χ4n) is 1.48. The second kappa shape index (κ2) is 7.71. The first-order valence-electron chi connectivity index (χ1n) is 6.21. The Morgan fingerprint density at radius 3 is 2.47 bits per heavy atom. The summed E-state index contributed by atoms with van der Waals surface area (Å²) in [6.07, 6.45) is 1.16. The van der Waals surface area contributed by atoms with Gasteiger partial charge in [0.1, 0.15) is 0 Å². The zero-order valence-electron chi connectivity index (χ0n) is 11.0. The van der Waals surface area contributed by atoms with Crippen molar-refractivity contribution in [2.24, 2.45) is 10.9 Å². The maximum atomic E-state index is 4.19. The summed E-state index contributed by atoms with van der Waals surface area (Å²) in [7, 11) is 1.80. The Bertz CT molecular complexity index is 331. The van der Waals surface area contributed by atoms with Crippen LogP contribution in [0.1, 0.15) is 25.8 Å². The van der Waals surface area contributed by atoms with Crippen LogP contribution in [0.15, 0.2) is 35.3 Å². The number of aliphatic imine (C=N–C) groups is 1. The van der Waals surface area contributed by atoms with Crippen LogP contribution in [-0.2, 0) is 6.54 Å². The SMILES string of the molecule is CN=C(NCCC(C)C)NCc1ccccc1. The van der Waals surface area contributed by atoms with E-state index in [1.54, 1.807) is 7.05 Å². The smallest absolute Gasteiger partial charge is 0.191 e. The van der Waals surface area contributed by atoms with Gasteiger partial charge in [-0.05, 0) is 17.9 Å². The third kappa shape index (κ3) is 5.95. The first-order chi connectivity index (χ1) is 8.22. The second-order valence-electron chi connectivity index (χ2n) is 4.52. The normalized spacial score (nSPS) is 11.6. The molecule has 0 spiro atoms. The maximum Gasteiger partial charge on any atom is 0.191 e. The first-order valence-corrected chi connectivity index (χ1v) is 6.21. The van der Waals surface area contributed by atoms with Crippen LogP contribution in [0.5, 0.6) is 0 Å². The number of hydrogen-bond donors (Lipinski definition) is 2. The standard InChI is InChI=1S/C14H23N3/c1-12(2)9-10-16-14(15-3)17-11-13-7-5-4-6-8-13/h4-8,12H,9-11H2,1-3H3,(H2,15,16,17). The molecule has 0 bridgehead atoms. The molecule has 1 aromatic rings. The highest BCUT2D eigenvalue weighted by Gasteiger charge is 1.98. The van der Waals surface area contributed by atoms with Crippen LogP contribution in [0.2, 0.25) is 0 Å². The predicted molar refractivity (Wildman–Crippen MR) is 74.1 cm³/mol. The van der Waals surface area contributed by atoms with E-state index >= 15 is 0 Å². The van der Waals surface area contributed by atoms with Gasteiger partial charge in [0.2, 0.25) is 0 Å². The monoisotopic (exact) mass is 233 g/mol. The molecule has 2 N–H and O–H groups in total. The van der Waals surface area contributed by atoms with Gasteiger partial charge < -0.3 is 10.6 Å². The zero-order chi connectivity index (χ0) is 12.5. The fourth-order valence-corrected chi connectivity index (χ4v) is 1.48. The Balaban J connectivity index is 2.28. The van der Waals surface area contributed by atoms with Crippen molar-refractivity contribution in [3.63, 3.8) is 0 Å². The van der Waals surface area contributed by atoms with Gasteiger partial charge in [0.15, 0.2) is 5.96 Å². The summed E-state index contributed by atoms with van der Waals surface area (Å²) in [5, 5.41) is 6.61. The van der Waals surface area contributed by atoms with Gasteiger partial charge in [-0.1, -0.05) is 44.2 Å². The lowest BCUT2D eigenvalue weighted by atomic mass is 10.1. The van der Waals surface area contributed by atoms with Crippen LogP contribution in [0, 0.1) is 5.92 Å². The molecule has 1 rings (SSSR count). The van der Waals surface area contributed by atoms with Crippen LogP contribution >= 0.6 is 0 Å². The number of rotatable bonds is 5. The summed E-state index contributed by atoms with van der Waals surface area (Å²) in [4.78, 5) is 4.19. The van der Waals surface area contributed by atoms with E-state index in [0.717, 1.165) is 31.4 Å². The molecule has 0 aliphatic heterocycles. The molecule has 94 valence electrons. The number of guanidine groups is 1. The molecule has 0 aliphatic rings. The Morgan fingerprint density at radius 1 is 1.18 bits per heavy atom. The summed E-state index contributed by atoms with van der Waals surface area (Å²) in [6, 6.07) is 10.3. The number of hydrogen-bond acceptors (Lipinski definition) is 1. The molecule has 0 amide bonds. The molecular formula is C14H23N3. The van der Waals surface area contributed by atoms with Gasteiger partial charge in [-0.15, -0.1) is 0 Å². The van der Waals surface area contributed by atoms with Crippen LogP contribution in [0.3, 0.4) is 0 Å². The third-order valence-electron chi connectivity index (χ3n) is 2.54. The molecule has 1 aromatic carbocycles. The molecule has 0 fully saturated rings. The predicted octanol–water partition coefficient (Wildman–Crippen LogP) is 2.40. The van der Waals surface area contributed by atoms with E-state index in [1.807, 2.05) is 18.2 Å². The van der Waals surface area contributed by atoms with Crippen LogP contribution in [0.4, 0.5) is 0 Å². The molecule has 0 saturated carbocycles. The van der Waals surface area contributed by atoms with Gasteiger partial charge in [-0.3, -0.25) is 4.99 Å². The van der Waals surface area contributed by atoms with Crippen molar-refractivity contribution in [1.29, 1.82) is 0 Å². The lowest BCUT2D eigenvalue weighted by molar-refractivity contribution is 0.573. The van der Waals surface area contributed by atoms with E-state index < -0.39 is 0 Å². The number of nitrogens with one attached hydrogen (secondary N) is 2.